The lowest BCUT2D eigenvalue weighted by molar-refractivity contribution is -0.127. The minimum absolute atomic E-state index is 0.0657. The fourth-order valence-corrected chi connectivity index (χ4v) is 2.08. The zero-order chi connectivity index (χ0) is 13.8. The van der Waals surface area contributed by atoms with Crippen LogP contribution in [0.15, 0.2) is 18.2 Å². The topological polar surface area (TPSA) is 50.8 Å². The number of fused-ring (bicyclic) bond motifs is 1. The molecule has 5 heteroatoms. The Bertz CT molecular complexity index is 460. The number of methoxy groups -OCH3 is 1. The highest BCUT2D eigenvalue weighted by molar-refractivity contribution is 5.77. The van der Waals surface area contributed by atoms with Crippen molar-refractivity contribution in [2.24, 2.45) is 0 Å². The van der Waals surface area contributed by atoms with Crippen molar-refractivity contribution in [3.63, 3.8) is 0 Å². The third-order valence-corrected chi connectivity index (χ3v) is 3.25. The molecule has 19 heavy (non-hydrogen) atoms. The molecular weight excluding hydrogens is 244 g/mol. The van der Waals surface area contributed by atoms with Crippen molar-refractivity contribution in [3.05, 3.63) is 23.8 Å². The third kappa shape index (κ3) is 3.17. The molecule has 1 aliphatic rings. The van der Waals surface area contributed by atoms with Crippen LogP contribution in [0.3, 0.4) is 0 Å². The van der Waals surface area contributed by atoms with E-state index < -0.39 is 0 Å². The molecule has 1 aliphatic heterocycles. The minimum Gasteiger partial charge on any atom is -0.497 e. The summed E-state index contributed by atoms with van der Waals surface area (Å²) in [6.07, 6.45) is 0.848. The molecule has 0 fully saturated rings. The second-order valence-corrected chi connectivity index (χ2v) is 4.76. The Kier molecular flexibility index (Phi) is 4.27. The fourth-order valence-electron chi connectivity index (χ4n) is 2.08. The van der Waals surface area contributed by atoms with Gasteiger partial charge in [0.1, 0.15) is 11.5 Å². The van der Waals surface area contributed by atoms with Gasteiger partial charge in [0, 0.05) is 32.1 Å². The first kappa shape index (κ1) is 13.7. The van der Waals surface area contributed by atoms with Gasteiger partial charge in [0.25, 0.3) is 0 Å². The average Bonchev–Trinajstić information content (AvgIpc) is 2.43. The predicted octanol–water partition coefficient (Wildman–Crippen LogP) is 1.20. The second kappa shape index (κ2) is 5.93. The number of hydrogen-bond donors (Lipinski definition) is 1. The first-order valence-corrected chi connectivity index (χ1v) is 6.36. The van der Waals surface area contributed by atoms with Gasteiger partial charge in [-0.05, 0) is 18.2 Å². The van der Waals surface area contributed by atoms with Crippen molar-refractivity contribution in [2.75, 3.05) is 34.4 Å². The summed E-state index contributed by atoms with van der Waals surface area (Å²) in [5.74, 6) is 1.73. The van der Waals surface area contributed by atoms with E-state index in [9.17, 15) is 4.79 Å². The molecule has 0 aliphatic carbocycles. The highest BCUT2D eigenvalue weighted by Crippen LogP contribution is 2.34. The number of carbonyl (C=O) groups excluding carboxylic acids is 1. The van der Waals surface area contributed by atoms with Gasteiger partial charge in [-0.25, -0.2) is 0 Å². The minimum atomic E-state index is 0.0657. The van der Waals surface area contributed by atoms with Crippen LogP contribution in [-0.2, 0) is 4.79 Å². The van der Waals surface area contributed by atoms with Crippen molar-refractivity contribution in [1.82, 2.24) is 10.2 Å². The van der Waals surface area contributed by atoms with Crippen LogP contribution in [0.1, 0.15) is 18.0 Å². The molecule has 0 saturated heterocycles. The van der Waals surface area contributed by atoms with Crippen LogP contribution in [0.25, 0.3) is 0 Å². The van der Waals surface area contributed by atoms with Gasteiger partial charge < -0.3 is 19.7 Å². The summed E-state index contributed by atoms with van der Waals surface area (Å²) in [6.45, 7) is 0.988. The molecule has 1 aromatic carbocycles. The van der Waals surface area contributed by atoms with Crippen LogP contribution < -0.4 is 14.8 Å². The Hall–Kier alpha value is -1.75. The largest absolute Gasteiger partial charge is 0.497 e. The van der Waals surface area contributed by atoms with Gasteiger partial charge in [-0.3, -0.25) is 4.79 Å². The van der Waals surface area contributed by atoms with Crippen LogP contribution in [0.2, 0.25) is 0 Å². The number of nitrogens with one attached hydrogen (secondary N) is 1. The molecule has 1 N–H and O–H groups in total. The van der Waals surface area contributed by atoms with Crippen molar-refractivity contribution in [3.8, 4) is 11.5 Å². The molecule has 0 aromatic heterocycles. The Balaban J connectivity index is 2.10. The molecule has 0 saturated carbocycles. The van der Waals surface area contributed by atoms with E-state index in [0.717, 1.165) is 23.5 Å². The third-order valence-electron chi connectivity index (χ3n) is 3.25. The number of carbonyl (C=O) groups is 1. The lowest BCUT2D eigenvalue weighted by atomic mass is 10.00. The van der Waals surface area contributed by atoms with Gasteiger partial charge in [0.05, 0.1) is 20.3 Å². The van der Waals surface area contributed by atoms with Gasteiger partial charge in [0.15, 0.2) is 0 Å². The van der Waals surface area contributed by atoms with Gasteiger partial charge in [-0.15, -0.1) is 0 Å². The van der Waals surface area contributed by atoms with Gasteiger partial charge in [-0.1, -0.05) is 0 Å². The number of benzene rings is 1. The van der Waals surface area contributed by atoms with Crippen LogP contribution in [0.5, 0.6) is 11.5 Å². The monoisotopic (exact) mass is 264 g/mol. The molecular formula is C14H20N2O3. The van der Waals surface area contributed by atoms with E-state index in [1.807, 2.05) is 18.2 Å². The van der Waals surface area contributed by atoms with E-state index in [-0.39, 0.29) is 11.9 Å². The van der Waals surface area contributed by atoms with E-state index in [1.54, 1.807) is 26.1 Å². The fraction of sp³-hybridized carbons (Fsp3) is 0.500. The highest BCUT2D eigenvalue weighted by atomic mass is 16.5. The zero-order valence-electron chi connectivity index (χ0n) is 11.6. The predicted molar refractivity (Wildman–Crippen MR) is 72.5 cm³/mol. The van der Waals surface area contributed by atoms with Gasteiger partial charge >= 0.3 is 0 Å². The van der Waals surface area contributed by atoms with Crippen molar-refractivity contribution in [2.45, 2.75) is 12.5 Å². The molecule has 1 amide bonds. The maximum atomic E-state index is 11.6. The van der Waals surface area contributed by atoms with E-state index in [4.69, 9.17) is 9.47 Å². The summed E-state index contributed by atoms with van der Waals surface area (Å²) >= 11 is 0. The summed E-state index contributed by atoms with van der Waals surface area (Å²) in [4.78, 5) is 13.2. The summed E-state index contributed by atoms with van der Waals surface area (Å²) < 4.78 is 10.9. The van der Waals surface area contributed by atoms with Gasteiger partial charge in [-0.2, -0.15) is 0 Å². The zero-order valence-corrected chi connectivity index (χ0v) is 11.6. The van der Waals surface area contributed by atoms with Gasteiger partial charge in [0.2, 0.25) is 5.91 Å². The molecule has 5 nitrogen and oxygen atoms in total. The number of amides is 1. The lowest BCUT2D eigenvalue weighted by Crippen LogP contribution is -2.36. The molecule has 1 aromatic rings. The van der Waals surface area contributed by atoms with Crippen LogP contribution >= 0.6 is 0 Å². The average molecular weight is 264 g/mol. The van der Waals surface area contributed by atoms with E-state index in [0.29, 0.717) is 13.2 Å². The Morgan fingerprint density at radius 3 is 3.00 bits per heavy atom. The van der Waals surface area contributed by atoms with E-state index >= 15 is 0 Å². The van der Waals surface area contributed by atoms with Crippen molar-refractivity contribution in [1.29, 1.82) is 0 Å². The summed E-state index contributed by atoms with van der Waals surface area (Å²) in [5, 5.41) is 3.28. The molecule has 104 valence electrons. The molecule has 0 bridgehead atoms. The summed E-state index contributed by atoms with van der Waals surface area (Å²) in [5.41, 5.74) is 1.05. The number of ether oxygens (including phenoxy) is 2. The quantitative estimate of drug-likeness (QED) is 0.887. The molecule has 2 rings (SSSR count). The summed E-state index contributed by atoms with van der Waals surface area (Å²) in [7, 11) is 5.15. The second-order valence-electron chi connectivity index (χ2n) is 4.76. The first-order valence-electron chi connectivity index (χ1n) is 6.36. The Labute approximate surface area is 113 Å². The maximum absolute atomic E-state index is 11.6. The first-order chi connectivity index (χ1) is 9.11. The van der Waals surface area contributed by atoms with E-state index in [1.165, 1.54) is 0 Å². The molecule has 0 spiro atoms. The molecule has 0 radical (unpaired) electrons. The number of nitrogens with zero attached hydrogens (tertiary/aromatic N) is 1. The lowest BCUT2D eigenvalue weighted by Gasteiger charge is -2.27. The number of hydrogen-bond acceptors (Lipinski definition) is 4. The Morgan fingerprint density at radius 1 is 1.53 bits per heavy atom. The Morgan fingerprint density at radius 2 is 2.32 bits per heavy atom. The molecule has 1 heterocycles. The normalized spacial score (nSPS) is 17.3. The smallest absolute Gasteiger partial charge is 0.236 e. The number of likely N-dealkylation sites (N-methyl/N-ethyl adjacent to an activating group) is 1. The standard InChI is InChI=1S/C14H20N2O3/c1-16(2)14(17)9-15-12-6-7-19-13-5-4-10(18-3)8-11(12)13/h4-5,8,12,15H,6-7,9H2,1-3H3. The highest BCUT2D eigenvalue weighted by Gasteiger charge is 2.22. The molecule has 1 unspecified atom stereocenters. The van der Waals surface area contributed by atoms with Crippen molar-refractivity contribution < 1.29 is 14.3 Å². The molecule has 1 atom stereocenters. The SMILES string of the molecule is COc1ccc2c(c1)C(NCC(=O)N(C)C)CCO2. The van der Waals surface area contributed by atoms with Crippen LogP contribution in [-0.4, -0.2) is 45.2 Å². The van der Waals surface area contributed by atoms with Crippen molar-refractivity contribution >= 4 is 5.91 Å². The van der Waals surface area contributed by atoms with Crippen LogP contribution in [0.4, 0.5) is 0 Å². The number of rotatable bonds is 4. The summed E-state index contributed by atoms with van der Waals surface area (Å²) in [6, 6.07) is 5.89. The maximum Gasteiger partial charge on any atom is 0.236 e. The van der Waals surface area contributed by atoms with Crippen LogP contribution in [0, 0.1) is 0 Å². The van der Waals surface area contributed by atoms with E-state index in [2.05, 4.69) is 5.32 Å².